The molecule has 0 aliphatic rings. The normalized spacial score (nSPS) is 10.1. The molecule has 4 heteroatoms. The van der Waals surface area contributed by atoms with E-state index in [-0.39, 0.29) is 5.69 Å². The fourth-order valence-electron chi connectivity index (χ4n) is 1.52. The van der Waals surface area contributed by atoms with Gasteiger partial charge >= 0.3 is 5.69 Å². The topological polar surface area (TPSA) is 50.7 Å². The highest BCUT2D eigenvalue weighted by Crippen LogP contribution is 1.97. The van der Waals surface area contributed by atoms with Crippen LogP contribution in [0.1, 0.15) is 32.6 Å². The molecule has 1 rings (SSSR count). The molecule has 0 bridgehead atoms. The number of nitrogens with zero attached hydrogens (tertiary/aromatic N) is 3. The van der Waals surface area contributed by atoms with Crippen molar-refractivity contribution in [2.75, 3.05) is 0 Å². The van der Waals surface area contributed by atoms with Crippen molar-refractivity contribution in [1.82, 2.24) is 9.13 Å². The van der Waals surface area contributed by atoms with Gasteiger partial charge in [-0.3, -0.25) is 9.13 Å². The quantitative estimate of drug-likeness (QED) is 0.667. The Bertz CT molecular complexity index is 383. The third-order valence-electron chi connectivity index (χ3n) is 2.32. The minimum absolute atomic E-state index is 0.0637. The van der Waals surface area contributed by atoms with Gasteiger partial charge in [-0.05, 0) is 19.3 Å². The molecule has 82 valence electrons. The van der Waals surface area contributed by atoms with Crippen LogP contribution in [0.5, 0.6) is 0 Å². The van der Waals surface area contributed by atoms with Gasteiger partial charge < -0.3 is 0 Å². The molecular formula is C11H17N3O. The molecule has 0 aromatic carbocycles. The number of aromatic nitrogens is 2. The summed E-state index contributed by atoms with van der Waals surface area (Å²) in [6.45, 7) is 3.55. The molecule has 0 unspecified atom stereocenters. The number of unbranched alkanes of at least 4 members (excludes halogenated alkanes) is 2. The Morgan fingerprint density at radius 1 is 1.27 bits per heavy atom. The van der Waals surface area contributed by atoms with Gasteiger partial charge in [0.1, 0.15) is 0 Å². The average molecular weight is 207 g/mol. The van der Waals surface area contributed by atoms with E-state index in [1.165, 1.54) is 0 Å². The fraction of sp³-hybridized carbons (Fsp3) is 0.636. The summed E-state index contributed by atoms with van der Waals surface area (Å²) in [7, 11) is 0. The first kappa shape index (κ1) is 11.6. The predicted molar refractivity (Wildman–Crippen MR) is 58.4 cm³/mol. The summed E-state index contributed by atoms with van der Waals surface area (Å²) in [6.07, 6.45) is 6.95. The molecule has 15 heavy (non-hydrogen) atoms. The lowest BCUT2D eigenvalue weighted by molar-refractivity contribution is 0.569. The molecule has 0 spiro atoms. The summed E-state index contributed by atoms with van der Waals surface area (Å²) in [4.78, 5) is 11.7. The van der Waals surface area contributed by atoms with E-state index in [9.17, 15) is 4.79 Å². The molecule has 0 amide bonds. The second kappa shape index (κ2) is 6.07. The molecule has 0 atom stereocenters. The van der Waals surface area contributed by atoms with E-state index in [0.717, 1.165) is 32.4 Å². The molecule has 1 heterocycles. The van der Waals surface area contributed by atoms with Gasteiger partial charge in [0.15, 0.2) is 0 Å². The summed E-state index contributed by atoms with van der Waals surface area (Å²) in [5.41, 5.74) is 0.0637. The van der Waals surface area contributed by atoms with E-state index in [0.29, 0.717) is 6.42 Å². The zero-order chi connectivity index (χ0) is 11.1. The molecule has 4 nitrogen and oxygen atoms in total. The first-order chi connectivity index (χ1) is 7.29. The lowest BCUT2D eigenvalue weighted by atomic mass is 10.2. The van der Waals surface area contributed by atoms with Gasteiger partial charge in [0.2, 0.25) is 0 Å². The van der Waals surface area contributed by atoms with Crippen LogP contribution in [-0.2, 0) is 13.1 Å². The summed E-state index contributed by atoms with van der Waals surface area (Å²) >= 11 is 0. The predicted octanol–water partition coefficient (Wildman–Crippen LogP) is 1.75. The Hall–Kier alpha value is -1.50. The zero-order valence-electron chi connectivity index (χ0n) is 9.15. The Morgan fingerprint density at radius 3 is 2.53 bits per heavy atom. The number of aryl methyl sites for hydroxylation is 2. The molecular weight excluding hydrogens is 190 g/mol. The smallest absolute Gasteiger partial charge is 0.299 e. The number of nitriles is 1. The Balaban J connectivity index is 2.48. The number of rotatable bonds is 6. The molecule has 0 N–H and O–H groups in total. The van der Waals surface area contributed by atoms with Crippen molar-refractivity contribution in [1.29, 1.82) is 5.26 Å². The lowest BCUT2D eigenvalue weighted by Gasteiger charge is -1.99. The molecule has 0 aliphatic carbocycles. The van der Waals surface area contributed by atoms with Gasteiger partial charge in [-0.2, -0.15) is 5.26 Å². The van der Waals surface area contributed by atoms with Crippen LogP contribution in [0.2, 0.25) is 0 Å². The zero-order valence-corrected chi connectivity index (χ0v) is 9.15. The van der Waals surface area contributed by atoms with Crippen LogP contribution in [0.3, 0.4) is 0 Å². The van der Waals surface area contributed by atoms with E-state index in [4.69, 9.17) is 5.26 Å². The highest BCUT2D eigenvalue weighted by molar-refractivity contribution is 4.81. The molecule has 0 fully saturated rings. The third kappa shape index (κ3) is 3.28. The standard InChI is InChI=1S/C11H17N3O/c1-2-7-13-9-10-14(11(13)15)8-5-3-4-6-12/h9-10H,2-5,7-8H2,1H3. The minimum Gasteiger partial charge on any atom is -0.299 e. The van der Waals surface area contributed by atoms with Crippen molar-refractivity contribution in [2.24, 2.45) is 0 Å². The van der Waals surface area contributed by atoms with Crippen LogP contribution in [0, 0.1) is 11.3 Å². The maximum atomic E-state index is 11.7. The molecule has 1 aromatic heterocycles. The van der Waals surface area contributed by atoms with Crippen molar-refractivity contribution in [3.8, 4) is 6.07 Å². The van der Waals surface area contributed by atoms with E-state index in [2.05, 4.69) is 13.0 Å². The third-order valence-corrected chi connectivity index (χ3v) is 2.32. The van der Waals surface area contributed by atoms with Gasteiger partial charge in [0, 0.05) is 31.9 Å². The van der Waals surface area contributed by atoms with Crippen LogP contribution >= 0.6 is 0 Å². The largest absolute Gasteiger partial charge is 0.328 e. The number of hydrogen-bond donors (Lipinski definition) is 0. The van der Waals surface area contributed by atoms with Gasteiger partial charge in [0.05, 0.1) is 6.07 Å². The van der Waals surface area contributed by atoms with Gasteiger partial charge in [-0.1, -0.05) is 6.92 Å². The van der Waals surface area contributed by atoms with Crippen LogP contribution in [0.25, 0.3) is 0 Å². The number of hydrogen-bond acceptors (Lipinski definition) is 2. The SMILES string of the molecule is CCCn1ccn(CCCCC#N)c1=O. The van der Waals surface area contributed by atoms with Crippen LogP contribution in [-0.4, -0.2) is 9.13 Å². The van der Waals surface area contributed by atoms with Crippen molar-refractivity contribution in [2.45, 2.75) is 45.7 Å². The average Bonchev–Trinajstić information content (AvgIpc) is 2.57. The molecule has 0 saturated carbocycles. The van der Waals surface area contributed by atoms with E-state index >= 15 is 0 Å². The van der Waals surface area contributed by atoms with Gasteiger partial charge in [-0.15, -0.1) is 0 Å². The first-order valence-corrected chi connectivity index (χ1v) is 5.42. The van der Waals surface area contributed by atoms with Crippen molar-refractivity contribution in [3.05, 3.63) is 22.9 Å². The van der Waals surface area contributed by atoms with Crippen molar-refractivity contribution in [3.63, 3.8) is 0 Å². The highest BCUT2D eigenvalue weighted by atomic mass is 16.1. The summed E-state index contributed by atoms with van der Waals surface area (Å²) < 4.78 is 3.44. The Morgan fingerprint density at radius 2 is 1.93 bits per heavy atom. The van der Waals surface area contributed by atoms with Crippen molar-refractivity contribution >= 4 is 0 Å². The first-order valence-electron chi connectivity index (χ1n) is 5.42. The maximum Gasteiger partial charge on any atom is 0.328 e. The highest BCUT2D eigenvalue weighted by Gasteiger charge is 2.01. The monoisotopic (exact) mass is 207 g/mol. The summed E-state index contributed by atoms with van der Waals surface area (Å²) in [5, 5.41) is 8.37. The molecule has 0 aliphatic heterocycles. The Labute approximate surface area is 89.8 Å². The number of imidazole rings is 1. The Kier molecular flexibility index (Phi) is 4.69. The van der Waals surface area contributed by atoms with Crippen LogP contribution in [0.15, 0.2) is 17.2 Å². The summed E-state index contributed by atoms with van der Waals surface area (Å²) in [6, 6.07) is 2.10. The van der Waals surface area contributed by atoms with Gasteiger partial charge in [0.25, 0.3) is 0 Å². The second-order valence-electron chi connectivity index (χ2n) is 3.58. The summed E-state index contributed by atoms with van der Waals surface area (Å²) in [5.74, 6) is 0. The lowest BCUT2D eigenvalue weighted by Crippen LogP contribution is -2.24. The second-order valence-corrected chi connectivity index (χ2v) is 3.58. The molecule has 1 aromatic rings. The van der Waals surface area contributed by atoms with Crippen LogP contribution < -0.4 is 5.69 Å². The molecule has 0 radical (unpaired) electrons. The van der Waals surface area contributed by atoms with Crippen LogP contribution in [0.4, 0.5) is 0 Å². The van der Waals surface area contributed by atoms with E-state index < -0.39 is 0 Å². The van der Waals surface area contributed by atoms with Gasteiger partial charge in [-0.25, -0.2) is 4.79 Å². The molecule has 0 saturated heterocycles. The van der Waals surface area contributed by atoms with E-state index in [1.54, 1.807) is 9.13 Å². The van der Waals surface area contributed by atoms with Crippen molar-refractivity contribution < 1.29 is 0 Å². The van der Waals surface area contributed by atoms with E-state index in [1.807, 2.05) is 12.4 Å². The fourth-order valence-corrected chi connectivity index (χ4v) is 1.52. The maximum absolute atomic E-state index is 11.7. The minimum atomic E-state index is 0.0637.